The van der Waals surface area contributed by atoms with Gasteiger partial charge in [-0.1, -0.05) is 6.07 Å². The van der Waals surface area contributed by atoms with E-state index in [4.69, 9.17) is 9.47 Å². The summed E-state index contributed by atoms with van der Waals surface area (Å²) in [6.45, 7) is 1.41. The van der Waals surface area contributed by atoms with Gasteiger partial charge >= 0.3 is 0 Å². The quantitative estimate of drug-likeness (QED) is 0.851. The molecule has 1 aromatic heterocycles. The summed E-state index contributed by atoms with van der Waals surface area (Å²) in [4.78, 5) is 5.14. The molecule has 0 spiro atoms. The van der Waals surface area contributed by atoms with Crippen molar-refractivity contribution >= 4 is 11.3 Å². The summed E-state index contributed by atoms with van der Waals surface area (Å²) >= 11 is 1.59. The second-order valence-electron chi connectivity index (χ2n) is 4.90. The van der Waals surface area contributed by atoms with Gasteiger partial charge in [-0.15, -0.1) is 11.3 Å². The molecule has 20 heavy (non-hydrogen) atoms. The second kappa shape index (κ2) is 6.24. The van der Waals surface area contributed by atoms with E-state index in [9.17, 15) is 0 Å². The number of aromatic nitrogens is 1. The van der Waals surface area contributed by atoms with Crippen LogP contribution >= 0.6 is 11.3 Å². The molecule has 2 aromatic rings. The molecule has 0 atom stereocenters. The van der Waals surface area contributed by atoms with Gasteiger partial charge in [-0.3, -0.25) is 4.98 Å². The second-order valence-corrected chi connectivity index (χ2v) is 5.87. The zero-order valence-electron chi connectivity index (χ0n) is 11.5. The Labute approximate surface area is 122 Å². The number of ether oxygens (including phenoxy) is 2. The molecule has 5 heteroatoms. The van der Waals surface area contributed by atoms with Crippen LogP contribution in [0, 0.1) is 0 Å². The predicted octanol–water partition coefficient (Wildman–Crippen LogP) is 2.98. The van der Waals surface area contributed by atoms with Crippen molar-refractivity contribution in [1.82, 2.24) is 10.3 Å². The molecule has 1 aliphatic carbocycles. The van der Waals surface area contributed by atoms with Crippen LogP contribution in [0.5, 0.6) is 11.5 Å². The summed E-state index contributed by atoms with van der Waals surface area (Å²) in [5.41, 5.74) is 3.03. The molecular formula is C15H18N2O2S. The first-order chi connectivity index (χ1) is 9.85. The summed E-state index contributed by atoms with van der Waals surface area (Å²) in [6.07, 6.45) is 4.42. The van der Waals surface area contributed by atoms with Crippen molar-refractivity contribution in [3.63, 3.8) is 0 Å². The van der Waals surface area contributed by atoms with Crippen LogP contribution in [0.4, 0.5) is 0 Å². The molecule has 106 valence electrons. The molecule has 1 heterocycles. The van der Waals surface area contributed by atoms with Crippen LogP contribution in [0.1, 0.15) is 23.3 Å². The van der Waals surface area contributed by atoms with Gasteiger partial charge in [-0.25, -0.2) is 0 Å². The van der Waals surface area contributed by atoms with Crippen molar-refractivity contribution in [1.29, 1.82) is 0 Å². The van der Waals surface area contributed by atoms with Crippen molar-refractivity contribution in [3.05, 3.63) is 40.3 Å². The highest BCUT2D eigenvalue weighted by Gasteiger charge is 2.20. The fourth-order valence-corrected chi connectivity index (χ4v) is 2.46. The summed E-state index contributed by atoms with van der Waals surface area (Å²) in [5.74, 6) is 1.56. The molecule has 1 aliphatic rings. The fourth-order valence-electron chi connectivity index (χ4n) is 1.95. The van der Waals surface area contributed by atoms with Crippen molar-refractivity contribution in [2.75, 3.05) is 7.11 Å². The highest BCUT2D eigenvalue weighted by molar-refractivity contribution is 7.09. The molecule has 1 aromatic carbocycles. The zero-order valence-corrected chi connectivity index (χ0v) is 12.3. The SMILES string of the molecule is COc1cc(CNC2CC2)ccc1OCc1cncs1. The Morgan fingerprint density at radius 2 is 2.25 bits per heavy atom. The van der Waals surface area contributed by atoms with Crippen LogP contribution in [-0.2, 0) is 13.2 Å². The van der Waals surface area contributed by atoms with Gasteiger partial charge in [-0.05, 0) is 30.5 Å². The molecule has 0 amide bonds. The highest BCUT2D eigenvalue weighted by atomic mass is 32.1. The Hall–Kier alpha value is -1.59. The Morgan fingerprint density at radius 3 is 2.95 bits per heavy atom. The van der Waals surface area contributed by atoms with Gasteiger partial charge in [0, 0.05) is 18.8 Å². The first kappa shape index (κ1) is 13.4. The van der Waals surface area contributed by atoms with Gasteiger partial charge in [0.05, 0.1) is 17.5 Å². The minimum absolute atomic E-state index is 0.528. The third-order valence-corrected chi connectivity index (χ3v) is 4.01. The standard InChI is InChI=1S/C15H18N2O2S/c1-18-15-6-11(7-17-12-3-4-12)2-5-14(15)19-9-13-8-16-10-20-13/h2,5-6,8,10,12,17H,3-4,7,9H2,1H3. The molecule has 0 radical (unpaired) electrons. The molecule has 1 fully saturated rings. The maximum absolute atomic E-state index is 5.79. The lowest BCUT2D eigenvalue weighted by Crippen LogP contribution is -2.15. The Bertz CT molecular complexity index is 553. The Morgan fingerprint density at radius 1 is 1.35 bits per heavy atom. The van der Waals surface area contributed by atoms with Gasteiger partial charge in [0.25, 0.3) is 0 Å². The molecule has 0 aliphatic heterocycles. The normalized spacial score (nSPS) is 14.2. The third-order valence-electron chi connectivity index (χ3n) is 3.25. The average molecular weight is 290 g/mol. The van der Waals surface area contributed by atoms with Gasteiger partial charge in [0.15, 0.2) is 11.5 Å². The maximum atomic E-state index is 5.79. The van der Waals surface area contributed by atoms with Crippen molar-refractivity contribution in [2.24, 2.45) is 0 Å². The number of methoxy groups -OCH3 is 1. The summed E-state index contributed by atoms with van der Waals surface area (Å²) < 4.78 is 11.2. The molecule has 4 nitrogen and oxygen atoms in total. The van der Waals surface area contributed by atoms with Gasteiger partial charge < -0.3 is 14.8 Å². The smallest absolute Gasteiger partial charge is 0.161 e. The first-order valence-electron chi connectivity index (χ1n) is 6.75. The number of nitrogens with one attached hydrogen (secondary N) is 1. The first-order valence-corrected chi connectivity index (χ1v) is 7.63. The summed E-state index contributed by atoms with van der Waals surface area (Å²) in [7, 11) is 1.67. The van der Waals surface area contributed by atoms with E-state index in [-0.39, 0.29) is 0 Å². The minimum atomic E-state index is 0.528. The van der Waals surface area contributed by atoms with E-state index < -0.39 is 0 Å². The van der Waals surface area contributed by atoms with Crippen LogP contribution in [0.15, 0.2) is 29.9 Å². The van der Waals surface area contributed by atoms with Gasteiger partial charge in [0.1, 0.15) is 6.61 Å². The largest absolute Gasteiger partial charge is 0.493 e. The lowest BCUT2D eigenvalue weighted by Gasteiger charge is -2.12. The number of benzene rings is 1. The topological polar surface area (TPSA) is 43.4 Å². The maximum Gasteiger partial charge on any atom is 0.161 e. The number of hydrogen-bond donors (Lipinski definition) is 1. The number of nitrogens with zero attached hydrogens (tertiary/aromatic N) is 1. The number of rotatable bonds is 7. The average Bonchev–Trinajstić information content (AvgIpc) is 3.17. The van der Waals surface area contributed by atoms with Gasteiger partial charge in [-0.2, -0.15) is 0 Å². The van der Waals surface area contributed by atoms with E-state index in [2.05, 4.69) is 16.4 Å². The van der Waals surface area contributed by atoms with Crippen LogP contribution in [0.2, 0.25) is 0 Å². The fraction of sp³-hybridized carbons (Fsp3) is 0.400. The predicted molar refractivity (Wildman–Crippen MR) is 79.3 cm³/mol. The van der Waals surface area contributed by atoms with E-state index in [1.165, 1.54) is 18.4 Å². The number of thiazole rings is 1. The minimum Gasteiger partial charge on any atom is -0.493 e. The number of hydrogen-bond acceptors (Lipinski definition) is 5. The van der Waals surface area contributed by atoms with E-state index >= 15 is 0 Å². The molecule has 1 saturated carbocycles. The molecule has 3 rings (SSSR count). The third kappa shape index (κ3) is 3.49. The van der Waals surface area contributed by atoms with Crippen molar-refractivity contribution in [3.8, 4) is 11.5 Å². The van der Waals surface area contributed by atoms with Crippen LogP contribution in [0.3, 0.4) is 0 Å². The van der Waals surface area contributed by atoms with E-state index in [1.54, 1.807) is 18.4 Å². The van der Waals surface area contributed by atoms with E-state index in [1.807, 2.05) is 23.8 Å². The van der Waals surface area contributed by atoms with Crippen LogP contribution in [-0.4, -0.2) is 18.1 Å². The summed E-state index contributed by atoms with van der Waals surface area (Å²) in [5, 5.41) is 3.50. The van der Waals surface area contributed by atoms with Crippen LogP contribution < -0.4 is 14.8 Å². The van der Waals surface area contributed by atoms with Gasteiger partial charge in [0.2, 0.25) is 0 Å². The van der Waals surface area contributed by atoms with Crippen LogP contribution in [0.25, 0.3) is 0 Å². The zero-order chi connectivity index (χ0) is 13.8. The van der Waals surface area contributed by atoms with E-state index in [0.717, 1.165) is 22.9 Å². The molecule has 0 unspecified atom stereocenters. The molecular weight excluding hydrogens is 272 g/mol. The Balaban J connectivity index is 1.63. The van der Waals surface area contributed by atoms with E-state index in [0.29, 0.717) is 12.6 Å². The Kier molecular flexibility index (Phi) is 4.18. The molecule has 0 saturated heterocycles. The van der Waals surface area contributed by atoms with Crippen molar-refractivity contribution < 1.29 is 9.47 Å². The van der Waals surface area contributed by atoms with Crippen molar-refractivity contribution in [2.45, 2.75) is 32.0 Å². The monoisotopic (exact) mass is 290 g/mol. The highest BCUT2D eigenvalue weighted by Crippen LogP contribution is 2.29. The summed E-state index contributed by atoms with van der Waals surface area (Å²) in [6, 6.07) is 6.81. The molecule has 0 bridgehead atoms. The lowest BCUT2D eigenvalue weighted by atomic mass is 10.2. The molecule has 1 N–H and O–H groups in total. The lowest BCUT2D eigenvalue weighted by molar-refractivity contribution is 0.287.